The van der Waals surface area contributed by atoms with E-state index in [1.54, 1.807) is 12.1 Å². The van der Waals surface area contributed by atoms with Crippen LogP contribution in [0.15, 0.2) is 36.7 Å². The van der Waals surface area contributed by atoms with E-state index in [0.717, 1.165) is 25.2 Å². The van der Waals surface area contributed by atoms with E-state index in [4.69, 9.17) is 0 Å². The molecule has 6 nitrogen and oxygen atoms in total. The number of carbonyl (C=O) groups excluding carboxylic acids is 1. The van der Waals surface area contributed by atoms with Crippen LogP contribution < -0.4 is 14.5 Å². The summed E-state index contributed by atoms with van der Waals surface area (Å²) in [5, 5.41) is 0. The predicted octanol–water partition coefficient (Wildman–Crippen LogP) is 2.90. The Balaban J connectivity index is 1.63. The minimum atomic E-state index is -4.69. The fourth-order valence-electron chi connectivity index (χ4n) is 2.79. The Morgan fingerprint density at radius 2 is 1.58 bits per heavy atom. The number of rotatable bonds is 4. The first-order valence-corrected chi connectivity index (χ1v) is 8.07. The summed E-state index contributed by atoms with van der Waals surface area (Å²) in [5.74, 6) is 0.327. The Morgan fingerprint density at radius 3 is 2.19 bits per heavy atom. The fourth-order valence-corrected chi connectivity index (χ4v) is 2.79. The number of carbonyl (C=O) groups is 1. The highest BCUT2D eigenvalue weighted by atomic mass is 19.4. The third-order valence-electron chi connectivity index (χ3n) is 4.01. The van der Waals surface area contributed by atoms with Gasteiger partial charge in [-0.15, -0.1) is 13.2 Å². The number of hydrogen-bond acceptors (Lipinski definition) is 6. The van der Waals surface area contributed by atoms with Crippen LogP contribution in [0.25, 0.3) is 0 Å². The molecule has 0 radical (unpaired) electrons. The highest BCUT2D eigenvalue weighted by Gasteiger charge is 2.31. The lowest BCUT2D eigenvalue weighted by Crippen LogP contribution is -2.31. The van der Waals surface area contributed by atoms with Crippen molar-refractivity contribution in [2.45, 2.75) is 12.8 Å². The van der Waals surface area contributed by atoms with E-state index in [2.05, 4.69) is 19.6 Å². The van der Waals surface area contributed by atoms with Crippen molar-refractivity contribution in [1.82, 2.24) is 9.97 Å². The van der Waals surface area contributed by atoms with Gasteiger partial charge in [-0.2, -0.15) is 0 Å². The molecule has 1 aliphatic rings. The van der Waals surface area contributed by atoms with Gasteiger partial charge in [0, 0.05) is 44.3 Å². The number of aromatic nitrogens is 2. The smallest absolute Gasteiger partial charge is 0.406 e. The second kappa shape index (κ2) is 7.59. The molecule has 1 aromatic carbocycles. The SMILES string of the molecule is O=Cc1cnc(N2CCCN(c3ccc(OC(F)(F)F)cc3)CC2)nc1. The Labute approximate surface area is 148 Å². The highest BCUT2D eigenvalue weighted by molar-refractivity contribution is 5.73. The molecule has 1 aliphatic heterocycles. The molecule has 1 saturated heterocycles. The van der Waals surface area contributed by atoms with Gasteiger partial charge in [0.15, 0.2) is 6.29 Å². The first-order valence-electron chi connectivity index (χ1n) is 8.07. The van der Waals surface area contributed by atoms with Crippen LogP contribution in [-0.4, -0.2) is 48.8 Å². The Kier molecular flexibility index (Phi) is 5.24. The normalized spacial score (nSPS) is 15.5. The fraction of sp³-hybridized carbons (Fsp3) is 0.353. The molecule has 9 heteroatoms. The Bertz CT molecular complexity index is 735. The van der Waals surface area contributed by atoms with Crippen molar-refractivity contribution < 1.29 is 22.7 Å². The van der Waals surface area contributed by atoms with Crippen LogP contribution in [0.1, 0.15) is 16.8 Å². The summed E-state index contributed by atoms with van der Waals surface area (Å²) in [5.41, 5.74) is 1.25. The number of benzene rings is 1. The molecule has 0 spiro atoms. The molecule has 0 saturated carbocycles. The molecule has 26 heavy (non-hydrogen) atoms. The zero-order valence-corrected chi connectivity index (χ0v) is 13.8. The minimum absolute atomic E-state index is 0.235. The average Bonchev–Trinajstić information content (AvgIpc) is 2.87. The van der Waals surface area contributed by atoms with Crippen molar-refractivity contribution in [2.24, 2.45) is 0 Å². The average molecular weight is 366 g/mol. The Hall–Kier alpha value is -2.84. The van der Waals surface area contributed by atoms with E-state index < -0.39 is 6.36 Å². The molecule has 1 aromatic heterocycles. The summed E-state index contributed by atoms with van der Waals surface area (Å²) in [6, 6.07) is 5.86. The molecule has 0 aliphatic carbocycles. The lowest BCUT2D eigenvalue weighted by Gasteiger charge is -2.24. The zero-order chi connectivity index (χ0) is 18.6. The van der Waals surface area contributed by atoms with Crippen molar-refractivity contribution in [3.8, 4) is 5.75 Å². The third kappa shape index (κ3) is 4.62. The second-order valence-electron chi connectivity index (χ2n) is 5.80. The number of hydrogen-bond donors (Lipinski definition) is 0. The summed E-state index contributed by atoms with van der Waals surface area (Å²) in [7, 11) is 0. The van der Waals surface area contributed by atoms with Crippen molar-refractivity contribution >= 4 is 17.9 Å². The zero-order valence-electron chi connectivity index (χ0n) is 13.8. The first-order chi connectivity index (χ1) is 12.4. The maximum absolute atomic E-state index is 12.2. The van der Waals surface area contributed by atoms with Gasteiger partial charge in [0.25, 0.3) is 0 Å². The maximum atomic E-state index is 12.2. The number of anilines is 2. The molecule has 2 heterocycles. The number of alkyl halides is 3. The summed E-state index contributed by atoms with van der Waals surface area (Å²) < 4.78 is 40.6. The third-order valence-corrected chi connectivity index (χ3v) is 4.01. The van der Waals surface area contributed by atoms with E-state index in [0.29, 0.717) is 30.9 Å². The number of aldehydes is 1. The van der Waals surface area contributed by atoms with Gasteiger partial charge in [0.2, 0.25) is 5.95 Å². The van der Waals surface area contributed by atoms with Crippen LogP contribution in [0.4, 0.5) is 24.8 Å². The molecule has 138 valence electrons. The monoisotopic (exact) mass is 366 g/mol. The van der Waals surface area contributed by atoms with Gasteiger partial charge < -0.3 is 14.5 Å². The van der Waals surface area contributed by atoms with Gasteiger partial charge in [-0.1, -0.05) is 0 Å². The summed E-state index contributed by atoms with van der Waals surface area (Å²) in [6.07, 6.45) is -0.182. The highest BCUT2D eigenvalue weighted by Crippen LogP contribution is 2.26. The van der Waals surface area contributed by atoms with E-state index in [-0.39, 0.29) is 5.75 Å². The van der Waals surface area contributed by atoms with Gasteiger partial charge in [-0.3, -0.25) is 4.79 Å². The van der Waals surface area contributed by atoms with Crippen LogP contribution in [0, 0.1) is 0 Å². The quantitative estimate of drug-likeness (QED) is 0.776. The minimum Gasteiger partial charge on any atom is -0.406 e. The van der Waals surface area contributed by atoms with Gasteiger partial charge >= 0.3 is 6.36 Å². The molecule has 0 atom stereocenters. The second-order valence-corrected chi connectivity index (χ2v) is 5.80. The van der Waals surface area contributed by atoms with E-state index in [1.165, 1.54) is 24.5 Å². The molecule has 1 fully saturated rings. The molecule has 0 amide bonds. The lowest BCUT2D eigenvalue weighted by atomic mass is 10.2. The van der Waals surface area contributed by atoms with Crippen LogP contribution in [-0.2, 0) is 0 Å². The van der Waals surface area contributed by atoms with Gasteiger partial charge in [0.1, 0.15) is 5.75 Å². The molecular weight excluding hydrogens is 349 g/mol. The van der Waals surface area contributed by atoms with Crippen LogP contribution in [0.2, 0.25) is 0 Å². The van der Waals surface area contributed by atoms with E-state index in [9.17, 15) is 18.0 Å². The van der Waals surface area contributed by atoms with Crippen molar-refractivity contribution in [1.29, 1.82) is 0 Å². The molecule has 0 bridgehead atoms. The maximum Gasteiger partial charge on any atom is 0.573 e. The van der Waals surface area contributed by atoms with E-state index >= 15 is 0 Å². The van der Waals surface area contributed by atoms with Crippen LogP contribution in [0.5, 0.6) is 5.75 Å². The Morgan fingerprint density at radius 1 is 0.962 bits per heavy atom. The van der Waals surface area contributed by atoms with Gasteiger partial charge in [0.05, 0.1) is 5.56 Å². The molecule has 2 aromatic rings. The number of halogens is 3. The van der Waals surface area contributed by atoms with E-state index in [1.807, 2.05) is 4.90 Å². The topological polar surface area (TPSA) is 58.6 Å². The lowest BCUT2D eigenvalue weighted by molar-refractivity contribution is -0.274. The number of nitrogens with zero attached hydrogens (tertiary/aromatic N) is 4. The standard InChI is InChI=1S/C17H17F3N4O2/c18-17(19,20)26-15-4-2-14(3-5-15)23-6-1-7-24(9-8-23)16-21-10-13(12-25)11-22-16/h2-5,10-12H,1,6-9H2. The predicted molar refractivity (Wildman–Crippen MR) is 89.6 cm³/mol. The van der Waals surface area contributed by atoms with Gasteiger partial charge in [-0.05, 0) is 30.7 Å². The summed E-state index contributed by atoms with van der Waals surface area (Å²) in [6.45, 7) is 2.87. The molecular formula is C17H17F3N4O2. The molecule has 0 N–H and O–H groups in total. The largest absolute Gasteiger partial charge is 0.573 e. The van der Waals surface area contributed by atoms with Crippen molar-refractivity contribution in [2.75, 3.05) is 36.0 Å². The van der Waals surface area contributed by atoms with Crippen LogP contribution >= 0.6 is 0 Å². The van der Waals surface area contributed by atoms with Crippen molar-refractivity contribution in [3.05, 3.63) is 42.2 Å². The van der Waals surface area contributed by atoms with Gasteiger partial charge in [-0.25, -0.2) is 9.97 Å². The van der Waals surface area contributed by atoms with Crippen LogP contribution in [0.3, 0.4) is 0 Å². The number of ether oxygens (including phenoxy) is 1. The summed E-state index contributed by atoms with van der Waals surface area (Å²) >= 11 is 0. The van der Waals surface area contributed by atoms with Crippen molar-refractivity contribution in [3.63, 3.8) is 0 Å². The molecule has 3 rings (SSSR count). The molecule has 0 unspecified atom stereocenters. The summed E-state index contributed by atoms with van der Waals surface area (Å²) in [4.78, 5) is 23.2. The first kappa shape index (κ1) is 18.0.